The van der Waals surface area contributed by atoms with Crippen molar-refractivity contribution in [3.63, 3.8) is 0 Å². The molecule has 0 aromatic carbocycles. The number of nitrogens with two attached hydrogens (primary N) is 1. The second kappa shape index (κ2) is 4.90. The van der Waals surface area contributed by atoms with Crippen LogP contribution in [0.5, 0.6) is 0 Å². The molecule has 0 aliphatic rings. The van der Waals surface area contributed by atoms with E-state index in [2.05, 4.69) is 20.6 Å². The van der Waals surface area contributed by atoms with E-state index in [0.29, 0.717) is 0 Å². The smallest absolute Gasteiger partial charge is 0.0948 e. The lowest BCUT2D eigenvalue weighted by atomic mass is 10.2. The van der Waals surface area contributed by atoms with Crippen molar-refractivity contribution < 1.29 is 0 Å². The topological polar surface area (TPSA) is 56.7 Å². The highest BCUT2D eigenvalue weighted by Crippen LogP contribution is 2.09. The summed E-state index contributed by atoms with van der Waals surface area (Å²) in [4.78, 5) is 8.22. The molecule has 0 spiro atoms. The molecule has 0 aliphatic heterocycles. The van der Waals surface area contributed by atoms with Gasteiger partial charge in [0, 0.05) is 31.2 Å². The van der Waals surface area contributed by atoms with Gasteiger partial charge in [0.05, 0.1) is 12.0 Å². The van der Waals surface area contributed by atoms with Crippen LogP contribution in [0.1, 0.15) is 24.2 Å². The predicted molar refractivity (Wildman–Crippen MR) is 62.8 cm³/mol. The third-order valence-electron chi connectivity index (χ3n) is 2.58. The first kappa shape index (κ1) is 10.8. The average Bonchev–Trinajstić information content (AvgIpc) is 2.76. The van der Waals surface area contributed by atoms with E-state index in [1.807, 2.05) is 31.7 Å². The molecule has 0 saturated heterocycles. The van der Waals surface area contributed by atoms with Crippen LogP contribution in [0.25, 0.3) is 0 Å². The highest BCUT2D eigenvalue weighted by atomic mass is 15.1. The van der Waals surface area contributed by atoms with Gasteiger partial charge in [-0.1, -0.05) is 6.07 Å². The van der Waals surface area contributed by atoms with E-state index in [1.54, 1.807) is 6.20 Å². The van der Waals surface area contributed by atoms with Gasteiger partial charge in [-0.05, 0) is 25.0 Å². The summed E-state index contributed by atoms with van der Waals surface area (Å²) in [6.45, 7) is 2.86. The minimum Gasteiger partial charge on any atom is -0.333 e. The first-order chi connectivity index (χ1) is 7.77. The minimum absolute atomic E-state index is 0.0244. The standard InChI is InChI=1S/C12H16N4/c1-10(13)12-8-15-9-16(12)6-4-11-3-2-5-14-7-11/h2-3,5,7-10H,4,6,13H2,1H3. The number of imidazole rings is 1. The van der Waals surface area contributed by atoms with Gasteiger partial charge in [-0.25, -0.2) is 4.98 Å². The van der Waals surface area contributed by atoms with Gasteiger partial charge in [0.15, 0.2) is 0 Å². The van der Waals surface area contributed by atoms with Crippen molar-refractivity contribution in [1.29, 1.82) is 0 Å². The van der Waals surface area contributed by atoms with Gasteiger partial charge in [0.25, 0.3) is 0 Å². The summed E-state index contributed by atoms with van der Waals surface area (Å²) in [6, 6.07) is 4.06. The lowest BCUT2D eigenvalue weighted by Gasteiger charge is -2.10. The molecule has 0 aliphatic carbocycles. The number of hydrogen-bond donors (Lipinski definition) is 1. The van der Waals surface area contributed by atoms with E-state index < -0.39 is 0 Å². The summed E-state index contributed by atoms with van der Waals surface area (Å²) in [5, 5.41) is 0. The summed E-state index contributed by atoms with van der Waals surface area (Å²) in [6.07, 6.45) is 8.28. The second-order valence-corrected chi connectivity index (χ2v) is 3.91. The van der Waals surface area contributed by atoms with Gasteiger partial charge in [-0.2, -0.15) is 0 Å². The molecular weight excluding hydrogens is 200 g/mol. The first-order valence-corrected chi connectivity index (χ1v) is 5.42. The third-order valence-corrected chi connectivity index (χ3v) is 2.58. The summed E-state index contributed by atoms with van der Waals surface area (Å²) < 4.78 is 2.09. The predicted octanol–water partition coefficient (Wildman–Crippen LogP) is 1.54. The Morgan fingerprint density at radius 2 is 2.25 bits per heavy atom. The van der Waals surface area contributed by atoms with Crippen molar-refractivity contribution in [3.05, 3.63) is 48.3 Å². The zero-order valence-electron chi connectivity index (χ0n) is 9.37. The molecule has 2 N–H and O–H groups in total. The molecule has 2 rings (SSSR count). The Hall–Kier alpha value is -1.68. The van der Waals surface area contributed by atoms with Crippen molar-refractivity contribution in [1.82, 2.24) is 14.5 Å². The SMILES string of the molecule is CC(N)c1cncn1CCc1cccnc1. The van der Waals surface area contributed by atoms with Crippen molar-refractivity contribution >= 4 is 0 Å². The molecule has 0 amide bonds. The highest BCUT2D eigenvalue weighted by molar-refractivity contribution is 5.09. The molecule has 84 valence electrons. The van der Waals surface area contributed by atoms with Crippen LogP contribution in [0.3, 0.4) is 0 Å². The van der Waals surface area contributed by atoms with Gasteiger partial charge in [-0.15, -0.1) is 0 Å². The van der Waals surface area contributed by atoms with Gasteiger partial charge < -0.3 is 10.3 Å². The van der Waals surface area contributed by atoms with Gasteiger partial charge in [-0.3, -0.25) is 4.98 Å². The van der Waals surface area contributed by atoms with Crippen LogP contribution in [0.4, 0.5) is 0 Å². The largest absolute Gasteiger partial charge is 0.333 e. The maximum Gasteiger partial charge on any atom is 0.0948 e. The van der Waals surface area contributed by atoms with Crippen LogP contribution in [0, 0.1) is 0 Å². The van der Waals surface area contributed by atoms with Gasteiger partial charge >= 0.3 is 0 Å². The molecule has 0 radical (unpaired) electrons. The molecule has 0 saturated carbocycles. The van der Waals surface area contributed by atoms with Crippen LogP contribution in [0.15, 0.2) is 37.1 Å². The zero-order chi connectivity index (χ0) is 11.4. The van der Waals surface area contributed by atoms with E-state index in [0.717, 1.165) is 18.7 Å². The van der Waals surface area contributed by atoms with Crippen LogP contribution >= 0.6 is 0 Å². The Balaban J connectivity index is 2.02. The van der Waals surface area contributed by atoms with Crippen LogP contribution in [-0.4, -0.2) is 14.5 Å². The molecule has 4 nitrogen and oxygen atoms in total. The Morgan fingerprint density at radius 1 is 1.38 bits per heavy atom. The van der Waals surface area contributed by atoms with E-state index in [4.69, 9.17) is 5.73 Å². The van der Waals surface area contributed by atoms with Gasteiger partial charge in [0.2, 0.25) is 0 Å². The Kier molecular flexibility index (Phi) is 3.31. The monoisotopic (exact) mass is 216 g/mol. The fourth-order valence-corrected chi connectivity index (χ4v) is 1.69. The van der Waals surface area contributed by atoms with Crippen molar-refractivity contribution in [2.75, 3.05) is 0 Å². The molecule has 0 bridgehead atoms. The maximum atomic E-state index is 5.85. The van der Waals surface area contributed by atoms with Crippen molar-refractivity contribution in [3.8, 4) is 0 Å². The third kappa shape index (κ3) is 2.46. The van der Waals surface area contributed by atoms with Crippen LogP contribution < -0.4 is 5.73 Å². The van der Waals surface area contributed by atoms with E-state index in [9.17, 15) is 0 Å². The summed E-state index contributed by atoms with van der Waals surface area (Å²) in [5.74, 6) is 0. The number of aromatic nitrogens is 3. The molecule has 2 aromatic rings. The van der Waals surface area contributed by atoms with Crippen LogP contribution in [-0.2, 0) is 13.0 Å². The molecule has 2 aromatic heterocycles. The molecule has 0 fully saturated rings. The quantitative estimate of drug-likeness (QED) is 0.843. The highest BCUT2D eigenvalue weighted by Gasteiger charge is 2.06. The van der Waals surface area contributed by atoms with E-state index in [-0.39, 0.29) is 6.04 Å². The number of nitrogens with zero attached hydrogens (tertiary/aromatic N) is 3. The molecule has 16 heavy (non-hydrogen) atoms. The Labute approximate surface area is 95.1 Å². The Bertz CT molecular complexity index is 433. The summed E-state index contributed by atoms with van der Waals surface area (Å²) in [5.41, 5.74) is 8.16. The molecule has 1 atom stereocenters. The molecule has 2 heterocycles. The van der Waals surface area contributed by atoms with E-state index in [1.165, 1.54) is 5.56 Å². The van der Waals surface area contributed by atoms with Crippen molar-refractivity contribution in [2.45, 2.75) is 25.9 Å². The minimum atomic E-state index is 0.0244. The van der Waals surface area contributed by atoms with Crippen LogP contribution in [0.2, 0.25) is 0 Å². The first-order valence-electron chi connectivity index (χ1n) is 5.42. The fraction of sp³-hybridized carbons (Fsp3) is 0.333. The summed E-state index contributed by atoms with van der Waals surface area (Å²) >= 11 is 0. The fourth-order valence-electron chi connectivity index (χ4n) is 1.69. The number of rotatable bonds is 4. The average molecular weight is 216 g/mol. The molecular formula is C12H16N4. The van der Waals surface area contributed by atoms with E-state index >= 15 is 0 Å². The summed E-state index contributed by atoms with van der Waals surface area (Å²) in [7, 11) is 0. The number of hydrogen-bond acceptors (Lipinski definition) is 3. The molecule has 4 heteroatoms. The lowest BCUT2D eigenvalue weighted by molar-refractivity contribution is 0.623. The zero-order valence-corrected chi connectivity index (χ0v) is 9.37. The lowest BCUT2D eigenvalue weighted by Crippen LogP contribution is -2.12. The second-order valence-electron chi connectivity index (χ2n) is 3.91. The maximum absolute atomic E-state index is 5.85. The normalized spacial score (nSPS) is 12.6. The number of aryl methyl sites for hydroxylation is 2. The number of pyridine rings is 1. The Morgan fingerprint density at radius 3 is 2.94 bits per heavy atom. The van der Waals surface area contributed by atoms with Gasteiger partial charge in [0.1, 0.15) is 0 Å². The van der Waals surface area contributed by atoms with Crippen molar-refractivity contribution in [2.24, 2.45) is 5.73 Å². The molecule has 1 unspecified atom stereocenters.